The van der Waals surface area contributed by atoms with Gasteiger partial charge >= 0.3 is 0 Å². The van der Waals surface area contributed by atoms with Crippen molar-refractivity contribution in [3.05, 3.63) is 59.7 Å². The number of hydrogen-bond donors (Lipinski definition) is 0. The van der Waals surface area contributed by atoms with Crippen molar-refractivity contribution in [2.24, 2.45) is 0 Å². The van der Waals surface area contributed by atoms with Gasteiger partial charge in [0.1, 0.15) is 11.4 Å². The van der Waals surface area contributed by atoms with Crippen molar-refractivity contribution in [2.45, 2.75) is 20.4 Å². The first-order valence-corrected chi connectivity index (χ1v) is 6.76. The Morgan fingerprint density at radius 2 is 1.95 bits per heavy atom. The van der Waals surface area contributed by atoms with Gasteiger partial charge < -0.3 is 0 Å². The number of aryl methyl sites for hydroxylation is 2. The number of carbonyl (C=O) groups excluding carboxylic acids is 1. The molecule has 0 radical (unpaired) electrons. The average molecular weight is 281 g/mol. The number of hydrogen-bond acceptors (Lipinski definition) is 4. The minimum atomic E-state index is -0.133. The lowest BCUT2D eigenvalue weighted by Crippen LogP contribution is -2.14. The third kappa shape index (κ3) is 2.35. The molecule has 0 N–H and O–H groups in total. The number of para-hydroxylation sites is 1. The molecule has 21 heavy (non-hydrogen) atoms. The number of ketones is 1. The predicted octanol–water partition coefficient (Wildman–Crippen LogP) is 2.02. The molecule has 6 nitrogen and oxygen atoms in total. The molecule has 0 spiro atoms. The summed E-state index contributed by atoms with van der Waals surface area (Å²) in [5.74, 6) is -0.133. The highest BCUT2D eigenvalue weighted by Crippen LogP contribution is 2.14. The standard InChI is InChI=1S/C15H15N5O/c1-3-19-13(9-11(2)17-19)15(21)14-10-16-18-20(14)12-7-5-4-6-8-12/h4-10H,3H2,1-2H3. The summed E-state index contributed by atoms with van der Waals surface area (Å²) in [6.45, 7) is 4.47. The van der Waals surface area contributed by atoms with Crippen LogP contribution in [0.5, 0.6) is 0 Å². The van der Waals surface area contributed by atoms with Crippen molar-refractivity contribution in [3.63, 3.8) is 0 Å². The molecular formula is C15H15N5O. The molecular weight excluding hydrogens is 266 g/mol. The Balaban J connectivity index is 2.06. The fourth-order valence-corrected chi connectivity index (χ4v) is 2.25. The normalized spacial score (nSPS) is 10.8. The second kappa shape index (κ2) is 5.32. The summed E-state index contributed by atoms with van der Waals surface area (Å²) in [6, 6.07) is 11.3. The fourth-order valence-electron chi connectivity index (χ4n) is 2.25. The molecule has 6 heteroatoms. The molecule has 0 saturated carbocycles. The van der Waals surface area contributed by atoms with Crippen LogP contribution < -0.4 is 0 Å². The monoisotopic (exact) mass is 281 g/mol. The number of nitrogens with zero attached hydrogens (tertiary/aromatic N) is 5. The highest BCUT2D eigenvalue weighted by molar-refractivity contribution is 6.06. The van der Waals surface area contributed by atoms with E-state index in [0.29, 0.717) is 17.9 Å². The maximum atomic E-state index is 12.7. The summed E-state index contributed by atoms with van der Waals surface area (Å²) in [6.07, 6.45) is 1.48. The summed E-state index contributed by atoms with van der Waals surface area (Å²) < 4.78 is 3.24. The summed E-state index contributed by atoms with van der Waals surface area (Å²) in [5.41, 5.74) is 2.60. The molecule has 3 aromatic rings. The first-order valence-electron chi connectivity index (χ1n) is 6.76. The molecule has 3 rings (SSSR count). The maximum Gasteiger partial charge on any atom is 0.231 e. The Bertz CT molecular complexity index is 772. The molecule has 0 aliphatic heterocycles. The number of carbonyl (C=O) groups is 1. The van der Waals surface area contributed by atoms with Crippen LogP contribution in [0, 0.1) is 6.92 Å². The SMILES string of the molecule is CCn1nc(C)cc1C(=O)c1cnnn1-c1ccccc1. The summed E-state index contributed by atoms with van der Waals surface area (Å²) in [4.78, 5) is 12.7. The topological polar surface area (TPSA) is 65.6 Å². The van der Waals surface area contributed by atoms with Crippen LogP contribution in [-0.2, 0) is 6.54 Å². The van der Waals surface area contributed by atoms with E-state index in [2.05, 4.69) is 15.4 Å². The molecule has 0 bridgehead atoms. The van der Waals surface area contributed by atoms with Crippen molar-refractivity contribution in [1.29, 1.82) is 0 Å². The third-order valence-electron chi connectivity index (χ3n) is 3.22. The molecule has 106 valence electrons. The second-order valence-corrected chi connectivity index (χ2v) is 4.68. The Hall–Kier alpha value is -2.76. The number of aromatic nitrogens is 5. The van der Waals surface area contributed by atoms with E-state index in [4.69, 9.17) is 0 Å². The Morgan fingerprint density at radius 1 is 1.19 bits per heavy atom. The highest BCUT2D eigenvalue weighted by Gasteiger charge is 2.20. The molecule has 0 aliphatic rings. The Labute approximate surface area is 122 Å². The van der Waals surface area contributed by atoms with Crippen LogP contribution in [0.4, 0.5) is 0 Å². The van der Waals surface area contributed by atoms with Crippen molar-refractivity contribution in [3.8, 4) is 5.69 Å². The van der Waals surface area contributed by atoms with Gasteiger partial charge in [0.05, 0.1) is 17.6 Å². The van der Waals surface area contributed by atoms with Crippen LogP contribution in [0.3, 0.4) is 0 Å². The lowest BCUT2D eigenvalue weighted by atomic mass is 10.2. The Morgan fingerprint density at radius 3 is 2.67 bits per heavy atom. The zero-order valence-corrected chi connectivity index (χ0v) is 11.9. The van der Waals surface area contributed by atoms with Gasteiger partial charge in [-0.25, -0.2) is 4.68 Å². The molecule has 0 amide bonds. The van der Waals surface area contributed by atoms with Crippen molar-refractivity contribution in [2.75, 3.05) is 0 Å². The van der Waals surface area contributed by atoms with Crippen LogP contribution in [0.1, 0.15) is 28.8 Å². The fraction of sp³-hybridized carbons (Fsp3) is 0.200. The predicted molar refractivity (Wildman–Crippen MR) is 77.4 cm³/mol. The van der Waals surface area contributed by atoms with Crippen molar-refractivity contribution >= 4 is 5.78 Å². The van der Waals surface area contributed by atoms with E-state index in [9.17, 15) is 4.79 Å². The van der Waals surface area contributed by atoms with Crippen molar-refractivity contribution in [1.82, 2.24) is 24.8 Å². The van der Waals surface area contributed by atoms with E-state index < -0.39 is 0 Å². The summed E-state index contributed by atoms with van der Waals surface area (Å²) in [7, 11) is 0. The lowest BCUT2D eigenvalue weighted by molar-refractivity contribution is 0.102. The van der Waals surface area contributed by atoms with Crippen LogP contribution in [0.25, 0.3) is 5.69 Å². The van der Waals surface area contributed by atoms with Gasteiger partial charge in [0.15, 0.2) is 0 Å². The van der Waals surface area contributed by atoms with E-state index in [1.807, 2.05) is 44.2 Å². The van der Waals surface area contributed by atoms with Gasteiger partial charge in [-0.2, -0.15) is 5.10 Å². The molecule has 2 heterocycles. The van der Waals surface area contributed by atoms with Gasteiger partial charge in [-0.1, -0.05) is 23.4 Å². The molecule has 1 aromatic carbocycles. The van der Waals surface area contributed by atoms with Crippen LogP contribution >= 0.6 is 0 Å². The molecule has 0 unspecified atom stereocenters. The van der Waals surface area contributed by atoms with Gasteiger partial charge in [-0.05, 0) is 32.0 Å². The van der Waals surface area contributed by atoms with E-state index >= 15 is 0 Å². The van der Waals surface area contributed by atoms with Crippen LogP contribution in [0.15, 0.2) is 42.6 Å². The van der Waals surface area contributed by atoms with Crippen LogP contribution in [-0.4, -0.2) is 30.6 Å². The van der Waals surface area contributed by atoms with E-state index in [0.717, 1.165) is 11.4 Å². The molecule has 0 fully saturated rings. The van der Waals surface area contributed by atoms with E-state index in [1.165, 1.54) is 6.20 Å². The first-order chi connectivity index (χ1) is 10.2. The minimum absolute atomic E-state index is 0.133. The summed E-state index contributed by atoms with van der Waals surface area (Å²) in [5, 5.41) is 12.2. The third-order valence-corrected chi connectivity index (χ3v) is 3.22. The largest absolute Gasteiger partial charge is 0.285 e. The number of benzene rings is 1. The van der Waals surface area contributed by atoms with Gasteiger partial charge in [0, 0.05) is 6.54 Å². The quantitative estimate of drug-likeness (QED) is 0.686. The minimum Gasteiger partial charge on any atom is -0.285 e. The zero-order valence-electron chi connectivity index (χ0n) is 11.9. The van der Waals surface area contributed by atoms with Gasteiger partial charge in [0.2, 0.25) is 5.78 Å². The molecule has 0 atom stereocenters. The van der Waals surface area contributed by atoms with Gasteiger partial charge in [0.25, 0.3) is 0 Å². The van der Waals surface area contributed by atoms with Crippen molar-refractivity contribution < 1.29 is 4.79 Å². The average Bonchev–Trinajstić information content (AvgIpc) is 3.13. The highest BCUT2D eigenvalue weighted by atomic mass is 16.1. The summed E-state index contributed by atoms with van der Waals surface area (Å²) >= 11 is 0. The Kier molecular flexibility index (Phi) is 3.35. The lowest BCUT2D eigenvalue weighted by Gasteiger charge is -2.06. The molecule has 0 saturated heterocycles. The van der Waals surface area contributed by atoms with Crippen LogP contribution in [0.2, 0.25) is 0 Å². The molecule has 2 aromatic heterocycles. The molecule has 0 aliphatic carbocycles. The second-order valence-electron chi connectivity index (χ2n) is 4.68. The zero-order chi connectivity index (χ0) is 14.8. The van der Waals surface area contributed by atoms with Gasteiger partial charge in [-0.15, -0.1) is 5.10 Å². The van der Waals surface area contributed by atoms with Gasteiger partial charge in [-0.3, -0.25) is 9.48 Å². The number of rotatable bonds is 4. The smallest absolute Gasteiger partial charge is 0.231 e. The van der Waals surface area contributed by atoms with E-state index in [1.54, 1.807) is 15.4 Å². The maximum absolute atomic E-state index is 12.7. The van der Waals surface area contributed by atoms with E-state index in [-0.39, 0.29) is 5.78 Å². The first kappa shape index (κ1) is 13.2.